The maximum atomic E-state index is 11.0. The molecule has 0 aliphatic carbocycles. The minimum atomic E-state index is -0.0526. The minimum absolute atomic E-state index is 0.0526. The molecule has 1 unspecified atom stereocenters. The normalized spacial score (nSPS) is 19.7. The van der Waals surface area contributed by atoms with Crippen LogP contribution < -0.4 is 10.6 Å². The topological polar surface area (TPSA) is 50.4 Å². The quantitative estimate of drug-likeness (QED) is 0.843. The molecule has 1 heterocycles. The predicted molar refractivity (Wildman–Crippen MR) is 68.2 cm³/mol. The summed E-state index contributed by atoms with van der Waals surface area (Å²) in [4.78, 5) is 11.0. The number of amides is 1. The van der Waals surface area contributed by atoms with Crippen molar-refractivity contribution < 1.29 is 9.53 Å². The molecule has 4 nitrogen and oxygen atoms in total. The Kier molecular flexibility index (Phi) is 3.98. The molecule has 1 aliphatic heterocycles. The van der Waals surface area contributed by atoms with E-state index in [1.165, 1.54) is 6.92 Å². The molecule has 0 aromatic heterocycles. The van der Waals surface area contributed by atoms with Crippen LogP contribution in [-0.4, -0.2) is 25.2 Å². The molecule has 4 heteroatoms. The lowest BCUT2D eigenvalue weighted by Crippen LogP contribution is -2.29. The molecule has 2 N–H and O–H groups in total. The highest BCUT2D eigenvalue weighted by Gasteiger charge is 2.13. The summed E-state index contributed by atoms with van der Waals surface area (Å²) >= 11 is 0. The van der Waals surface area contributed by atoms with Gasteiger partial charge in [0.15, 0.2) is 0 Å². The Morgan fingerprint density at radius 1 is 1.41 bits per heavy atom. The van der Waals surface area contributed by atoms with Gasteiger partial charge in [0.2, 0.25) is 5.91 Å². The lowest BCUT2D eigenvalue weighted by atomic mass is 10.1. The average Bonchev–Trinajstić information content (AvgIpc) is 2.30. The Morgan fingerprint density at radius 2 is 2.24 bits per heavy atom. The van der Waals surface area contributed by atoms with Crippen LogP contribution in [0.4, 0.5) is 11.4 Å². The number of rotatable bonds is 3. The number of carbonyl (C=O) groups excluding carboxylic acids is 1. The van der Waals surface area contributed by atoms with Crippen molar-refractivity contribution in [2.45, 2.75) is 25.8 Å². The van der Waals surface area contributed by atoms with Crippen LogP contribution in [0, 0.1) is 0 Å². The molecule has 92 valence electrons. The van der Waals surface area contributed by atoms with E-state index in [-0.39, 0.29) is 5.91 Å². The first-order chi connectivity index (χ1) is 8.24. The van der Waals surface area contributed by atoms with Crippen molar-refractivity contribution >= 4 is 17.3 Å². The number of hydrogen-bond donors (Lipinski definition) is 2. The van der Waals surface area contributed by atoms with E-state index in [2.05, 4.69) is 10.6 Å². The summed E-state index contributed by atoms with van der Waals surface area (Å²) in [5.41, 5.74) is 1.84. The molecule has 1 aliphatic rings. The fraction of sp³-hybridized carbons (Fsp3) is 0.462. The molecule has 0 spiro atoms. The van der Waals surface area contributed by atoms with Gasteiger partial charge >= 0.3 is 0 Å². The zero-order valence-electron chi connectivity index (χ0n) is 10.0. The zero-order valence-corrected chi connectivity index (χ0v) is 10.0. The van der Waals surface area contributed by atoms with E-state index in [1.807, 2.05) is 24.3 Å². The maximum Gasteiger partial charge on any atom is 0.221 e. The number of nitrogens with one attached hydrogen (secondary N) is 2. The lowest BCUT2D eigenvalue weighted by molar-refractivity contribution is -0.114. The fourth-order valence-electron chi connectivity index (χ4n) is 1.98. The van der Waals surface area contributed by atoms with Gasteiger partial charge < -0.3 is 15.4 Å². The van der Waals surface area contributed by atoms with Gasteiger partial charge in [0.1, 0.15) is 0 Å². The molecular weight excluding hydrogens is 216 g/mol. The van der Waals surface area contributed by atoms with E-state index in [0.717, 1.165) is 37.4 Å². The van der Waals surface area contributed by atoms with E-state index in [0.29, 0.717) is 6.04 Å². The largest absolute Gasteiger partial charge is 0.380 e. The number of benzene rings is 1. The third-order valence-corrected chi connectivity index (χ3v) is 2.71. The Hall–Kier alpha value is -1.55. The summed E-state index contributed by atoms with van der Waals surface area (Å²) < 4.78 is 5.42. The third kappa shape index (κ3) is 3.75. The molecule has 1 aromatic carbocycles. The third-order valence-electron chi connectivity index (χ3n) is 2.71. The summed E-state index contributed by atoms with van der Waals surface area (Å²) in [7, 11) is 0. The van der Waals surface area contributed by atoms with Crippen molar-refractivity contribution in [3.8, 4) is 0 Å². The maximum absolute atomic E-state index is 11.0. The Morgan fingerprint density at radius 3 is 2.94 bits per heavy atom. The van der Waals surface area contributed by atoms with E-state index in [9.17, 15) is 4.79 Å². The van der Waals surface area contributed by atoms with Crippen LogP contribution in [0.5, 0.6) is 0 Å². The van der Waals surface area contributed by atoms with Crippen LogP contribution in [0.15, 0.2) is 24.3 Å². The summed E-state index contributed by atoms with van der Waals surface area (Å²) in [5.74, 6) is -0.0526. The van der Waals surface area contributed by atoms with Gasteiger partial charge in [0.25, 0.3) is 0 Å². The van der Waals surface area contributed by atoms with E-state index >= 15 is 0 Å². The molecule has 1 fully saturated rings. The highest BCUT2D eigenvalue weighted by Crippen LogP contribution is 2.18. The van der Waals surface area contributed by atoms with Crippen LogP contribution in [0.25, 0.3) is 0 Å². The van der Waals surface area contributed by atoms with Crippen molar-refractivity contribution in [1.29, 1.82) is 0 Å². The predicted octanol–water partition coefficient (Wildman–Crippen LogP) is 2.24. The number of anilines is 2. The summed E-state index contributed by atoms with van der Waals surface area (Å²) in [6, 6.07) is 8.12. The van der Waals surface area contributed by atoms with Crippen LogP contribution >= 0.6 is 0 Å². The number of hydrogen-bond acceptors (Lipinski definition) is 3. The second-order valence-corrected chi connectivity index (χ2v) is 4.32. The first-order valence-electron chi connectivity index (χ1n) is 5.96. The molecule has 1 aromatic rings. The van der Waals surface area contributed by atoms with Gasteiger partial charge in [-0.05, 0) is 31.0 Å². The molecule has 2 rings (SSSR count). The van der Waals surface area contributed by atoms with Crippen molar-refractivity contribution in [3.05, 3.63) is 24.3 Å². The molecule has 17 heavy (non-hydrogen) atoms. The van der Waals surface area contributed by atoms with E-state index in [1.54, 1.807) is 0 Å². The second-order valence-electron chi connectivity index (χ2n) is 4.32. The minimum Gasteiger partial charge on any atom is -0.380 e. The zero-order chi connectivity index (χ0) is 12.1. The van der Waals surface area contributed by atoms with Crippen molar-refractivity contribution in [2.24, 2.45) is 0 Å². The van der Waals surface area contributed by atoms with Gasteiger partial charge in [-0.1, -0.05) is 6.07 Å². The Balaban J connectivity index is 1.97. The lowest BCUT2D eigenvalue weighted by Gasteiger charge is -2.24. The molecular formula is C13H18N2O2. The van der Waals surface area contributed by atoms with Gasteiger partial charge in [-0.15, -0.1) is 0 Å². The second kappa shape index (κ2) is 5.68. The van der Waals surface area contributed by atoms with Gasteiger partial charge in [0, 0.05) is 30.9 Å². The first-order valence-corrected chi connectivity index (χ1v) is 5.96. The van der Waals surface area contributed by atoms with Crippen molar-refractivity contribution in [1.82, 2.24) is 0 Å². The number of ether oxygens (including phenoxy) is 1. The van der Waals surface area contributed by atoms with Crippen LogP contribution in [0.3, 0.4) is 0 Å². The van der Waals surface area contributed by atoms with Crippen LogP contribution in [0.1, 0.15) is 19.8 Å². The summed E-state index contributed by atoms with van der Waals surface area (Å²) in [5, 5.41) is 6.19. The van der Waals surface area contributed by atoms with Gasteiger partial charge in [-0.25, -0.2) is 0 Å². The van der Waals surface area contributed by atoms with E-state index in [4.69, 9.17) is 4.74 Å². The van der Waals surface area contributed by atoms with E-state index < -0.39 is 0 Å². The highest BCUT2D eigenvalue weighted by molar-refractivity contribution is 5.89. The Bertz CT molecular complexity index is 387. The van der Waals surface area contributed by atoms with Gasteiger partial charge in [-0.2, -0.15) is 0 Å². The highest BCUT2D eigenvalue weighted by atomic mass is 16.5. The molecule has 1 amide bonds. The monoisotopic (exact) mass is 234 g/mol. The molecule has 0 radical (unpaired) electrons. The van der Waals surface area contributed by atoms with Gasteiger partial charge in [0.05, 0.1) is 6.61 Å². The SMILES string of the molecule is CC(=O)Nc1cccc(NC2CCCOC2)c1. The summed E-state index contributed by atoms with van der Waals surface area (Å²) in [6.45, 7) is 3.13. The van der Waals surface area contributed by atoms with Crippen molar-refractivity contribution in [2.75, 3.05) is 23.8 Å². The first kappa shape index (κ1) is 11.9. The Labute approximate surface area is 101 Å². The number of carbonyl (C=O) groups is 1. The smallest absolute Gasteiger partial charge is 0.221 e. The fourth-order valence-corrected chi connectivity index (χ4v) is 1.98. The average molecular weight is 234 g/mol. The van der Waals surface area contributed by atoms with Crippen LogP contribution in [-0.2, 0) is 9.53 Å². The van der Waals surface area contributed by atoms with Crippen molar-refractivity contribution in [3.63, 3.8) is 0 Å². The standard InChI is InChI=1S/C13H18N2O2/c1-10(16)14-11-4-2-5-12(8-11)15-13-6-3-7-17-9-13/h2,4-5,8,13,15H,3,6-7,9H2,1H3,(H,14,16). The molecule has 0 saturated carbocycles. The molecule has 1 atom stereocenters. The molecule has 1 saturated heterocycles. The van der Waals surface area contributed by atoms with Crippen LogP contribution in [0.2, 0.25) is 0 Å². The van der Waals surface area contributed by atoms with Gasteiger partial charge in [-0.3, -0.25) is 4.79 Å². The summed E-state index contributed by atoms with van der Waals surface area (Å²) in [6.07, 6.45) is 2.23. The molecule has 0 bridgehead atoms.